The van der Waals surface area contributed by atoms with Crippen LogP contribution in [0, 0.1) is 6.92 Å². The van der Waals surface area contributed by atoms with Gasteiger partial charge in [0.25, 0.3) is 0 Å². The quantitative estimate of drug-likeness (QED) is 0.871. The third-order valence-corrected chi connectivity index (χ3v) is 2.74. The number of aryl methyl sites for hydroxylation is 2. The van der Waals surface area contributed by atoms with E-state index in [9.17, 15) is 0 Å². The third kappa shape index (κ3) is 2.53. The van der Waals surface area contributed by atoms with Crippen molar-refractivity contribution in [3.8, 4) is 5.82 Å². The summed E-state index contributed by atoms with van der Waals surface area (Å²) in [5.74, 6) is 1.91. The van der Waals surface area contributed by atoms with E-state index in [1.165, 1.54) is 5.56 Å². The summed E-state index contributed by atoms with van der Waals surface area (Å²) in [6, 6.07) is 4.25. The molecular weight excluding hydrogens is 212 g/mol. The summed E-state index contributed by atoms with van der Waals surface area (Å²) in [5.41, 5.74) is 2.36. The van der Waals surface area contributed by atoms with Crippen LogP contribution in [0.1, 0.15) is 24.0 Å². The molecule has 0 aliphatic carbocycles. The highest BCUT2D eigenvalue weighted by Gasteiger charge is 2.05. The predicted octanol–water partition coefficient (Wildman–Crippen LogP) is 1.86. The molecule has 1 N–H and O–H groups in total. The molecule has 2 rings (SSSR count). The molecule has 0 spiro atoms. The first-order valence-electron chi connectivity index (χ1n) is 5.89. The monoisotopic (exact) mass is 230 g/mol. The van der Waals surface area contributed by atoms with Crippen LogP contribution in [0.5, 0.6) is 0 Å². The van der Waals surface area contributed by atoms with Crippen LogP contribution in [-0.4, -0.2) is 21.6 Å². The van der Waals surface area contributed by atoms with Gasteiger partial charge in [-0.2, -0.15) is 0 Å². The maximum absolute atomic E-state index is 4.63. The minimum Gasteiger partial charge on any atom is -0.316 e. The number of rotatable bonds is 4. The zero-order valence-corrected chi connectivity index (χ0v) is 10.6. The Morgan fingerprint density at radius 2 is 2.18 bits per heavy atom. The van der Waals surface area contributed by atoms with Gasteiger partial charge in [0.2, 0.25) is 0 Å². The summed E-state index contributed by atoms with van der Waals surface area (Å²) in [5, 5.41) is 3.17. The van der Waals surface area contributed by atoms with Gasteiger partial charge in [0.05, 0.1) is 0 Å². The van der Waals surface area contributed by atoms with E-state index in [1.54, 1.807) is 6.20 Å². The van der Waals surface area contributed by atoms with Crippen molar-refractivity contribution in [2.24, 2.45) is 0 Å². The van der Waals surface area contributed by atoms with Crippen molar-refractivity contribution in [2.75, 3.05) is 7.05 Å². The van der Waals surface area contributed by atoms with Crippen LogP contribution in [0.4, 0.5) is 0 Å². The van der Waals surface area contributed by atoms with E-state index in [-0.39, 0.29) is 0 Å². The smallest absolute Gasteiger partial charge is 0.138 e. The number of pyridine rings is 1. The Hall–Kier alpha value is -1.68. The Kier molecular flexibility index (Phi) is 3.54. The number of aromatic nitrogens is 3. The number of imidazole rings is 1. The topological polar surface area (TPSA) is 42.7 Å². The lowest BCUT2D eigenvalue weighted by Gasteiger charge is -2.09. The van der Waals surface area contributed by atoms with E-state index in [0.717, 1.165) is 30.3 Å². The molecule has 17 heavy (non-hydrogen) atoms. The van der Waals surface area contributed by atoms with Crippen LogP contribution in [0.15, 0.2) is 24.5 Å². The van der Waals surface area contributed by atoms with Crippen LogP contribution in [0.3, 0.4) is 0 Å². The summed E-state index contributed by atoms with van der Waals surface area (Å²) >= 11 is 0. The molecule has 0 saturated carbocycles. The fourth-order valence-corrected chi connectivity index (χ4v) is 1.86. The summed E-state index contributed by atoms with van der Waals surface area (Å²) in [7, 11) is 1.95. The first-order chi connectivity index (χ1) is 8.24. The molecule has 0 fully saturated rings. The second-order valence-electron chi connectivity index (χ2n) is 4.05. The molecule has 4 nitrogen and oxygen atoms in total. The van der Waals surface area contributed by atoms with Crippen LogP contribution in [0.2, 0.25) is 0 Å². The van der Waals surface area contributed by atoms with Crippen LogP contribution < -0.4 is 5.32 Å². The summed E-state index contributed by atoms with van der Waals surface area (Å²) < 4.78 is 2.01. The Morgan fingerprint density at radius 1 is 1.35 bits per heavy atom. The minimum absolute atomic E-state index is 0.857. The molecule has 0 saturated heterocycles. The molecule has 0 aromatic carbocycles. The number of nitrogens with one attached hydrogen (secondary N) is 1. The molecule has 0 radical (unpaired) electrons. The van der Waals surface area contributed by atoms with Crippen LogP contribution in [0.25, 0.3) is 5.82 Å². The summed E-state index contributed by atoms with van der Waals surface area (Å²) in [6.07, 6.45) is 4.69. The van der Waals surface area contributed by atoms with Crippen LogP contribution in [-0.2, 0) is 13.0 Å². The van der Waals surface area contributed by atoms with Crippen molar-refractivity contribution < 1.29 is 0 Å². The molecule has 0 atom stereocenters. The molecule has 0 amide bonds. The van der Waals surface area contributed by atoms with E-state index < -0.39 is 0 Å². The van der Waals surface area contributed by atoms with Crippen molar-refractivity contribution in [3.63, 3.8) is 0 Å². The van der Waals surface area contributed by atoms with Gasteiger partial charge < -0.3 is 5.32 Å². The molecule has 2 heterocycles. The molecular formula is C13H18N4. The maximum atomic E-state index is 4.63. The Balaban J connectivity index is 2.46. The highest BCUT2D eigenvalue weighted by molar-refractivity contribution is 5.32. The minimum atomic E-state index is 0.857. The lowest BCUT2D eigenvalue weighted by molar-refractivity contribution is 0.804. The van der Waals surface area contributed by atoms with Gasteiger partial charge in [0, 0.05) is 24.6 Å². The maximum Gasteiger partial charge on any atom is 0.138 e. The van der Waals surface area contributed by atoms with E-state index in [4.69, 9.17) is 0 Å². The summed E-state index contributed by atoms with van der Waals surface area (Å²) in [4.78, 5) is 8.86. The van der Waals surface area contributed by atoms with Gasteiger partial charge in [-0.3, -0.25) is 4.57 Å². The molecule has 90 valence electrons. The lowest BCUT2D eigenvalue weighted by Crippen LogP contribution is -2.08. The average molecular weight is 230 g/mol. The van der Waals surface area contributed by atoms with Gasteiger partial charge in [0.15, 0.2) is 0 Å². The summed E-state index contributed by atoms with van der Waals surface area (Å²) in [6.45, 7) is 4.96. The Labute approximate surface area is 102 Å². The van der Waals surface area contributed by atoms with Crippen molar-refractivity contribution in [2.45, 2.75) is 26.8 Å². The highest BCUT2D eigenvalue weighted by Crippen LogP contribution is 2.12. The molecule has 0 bridgehead atoms. The second kappa shape index (κ2) is 5.10. The molecule has 0 aliphatic rings. The van der Waals surface area contributed by atoms with E-state index >= 15 is 0 Å². The third-order valence-electron chi connectivity index (χ3n) is 2.74. The van der Waals surface area contributed by atoms with Gasteiger partial charge >= 0.3 is 0 Å². The number of hydrogen-bond donors (Lipinski definition) is 1. The fourth-order valence-electron chi connectivity index (χ4n) is 1.86. The normalized spacial score (nSPS) is 10.8. The number of nitrogens with zero attached hydrogens (tertiary/aromatic N) is 3. The van der Waals surface area contributed by atoms with Crippen molar-refractivity contribution in [1.82, 2.24) is 19.9 Å². The van der Waals surface area contributed by atoms with Crippen molar-refractivity contribution in [3.05, 3.63) is 41.6 Å². The van der Waals surface area contributed by atoms with Gasteiger partial charge in [0.1, 0.15) is 11.6 Å². The van der Waals surface area contributed by atoms with Crippen molar-refractivity contribution >= 4 is 0 Å². The van der Waals surface area contributed by atoms with Crippen molar-refractivity contribution in [1.29, 1.82) is 0 Å². The van der Waals surface area contributed by atoms with E-state index in [2.05, 4.69) is 34.3 Å². The molecule has 0 aliphatic heterocycles. The first kappa shape index (κ1) is 11.8. The van der Waals surface area contributed by atoms with E-state index in [1.807, 2.05) is 24.7 Å². The predicted molar refractivity (Wildman–Crippen MR) is 68.2 cm³/mol. The van der Waals surface area contributed by atoms with E-state index in [0.29, 0.717) is 0 Å². The molecule has 4 heteroatoms. The number of hydrogen-bond acceptors (Lipinski definition) is 3. The SMILES string of the molecule is CCc1cc(CNC)cc(-n2ccnc2C)n1. The molecule has 0 unspecified atom stereocenters. The zero-order chi connectivity index (χ0) is 12.3. The highest BCUT2D eigenvalue weighted by atomic mass is 15.1. The second-order valence-corrected chi connectivity index (χ2v) is 4.05. The fraction of sp³-hybridized carbons (Fsp3) is 0.385. The largest absolute Gasteiger partial charge is 0.316 e. The molecule has 2 aromatic rings. The standard InChI is InChI=1S/C13H18N4/c1-4-12-7-11(9-14-3)8-13(16-12)17-6-5-15-10(17)2/h5-8,14H,4,9H2,1-3H3. The Morgan fingerprint density at radius 3 is 2.76 bits per heavy atom. The van der Waals surface area contributed by atoms with Gasteiger partial charge in [-0.05, 0) is 38.1 Å². The van der Waals surface area contributed by atoms with Gasteiger partial charge in [-0.1, -0.05) is 6.92 Å². The average Bonchev–Trinajstić information content (AvgIpc) is 2.75. The van der Waals surface area contributed by atoms with Crippen LogP contribution >= 0.6 is 0 Å². The van der Waals surface area contributed by atoms with Gasteiger partial charge in [-0.25, -0.2) is 9.97 Å². The molecule has 2 aromatic heterocycles. The lowest BCUT2D eigenvalue weighted by atomic mass is 10.2. The Bertz CT molecular complexity index is 502. The first-order valence-corrected chi connectivity index (χ1v) is 5.89. The van der Waals surface area contributed by atoms with Gasteiger partial charge in [-0.15, -0.1) is 0 Å². The zero-order valence-electron chi connectivity index (χ0n) is 10.6.